The Morgan fingerprint density at radius 2 is 2.18 bits per heavy atom. The third-order valence-electron chi connectivity index (χ3n) is 2.17. The highest BCUT2D eigenvalue weighted by Gasteiger charge is 2.35. The molecule has 5 heteroatoms. The van der Waals surface area contributed by atoms with Crippen molar-refractivity contribution in [2.75, 3.05) is 18.6 Å². The van der Waals surface area contributed by atoms with Crippen LogP contribution in [0.3, 0.4) is 0 Å². The molecule has 2 N–H and O–H groups in total. The van der Waals surface area contributed by atoms with Gasteiger partial charge in [0.1, 0.15) is 9.84 Å². The van der Waals surface area contributed by atoms with Crippen LogP contribution in [-0.4, -0.2) is 38.0 Å². The molecule has 0 aromatic heterocycles. The van der Waals surface area contributed by atoms with Crippen LogP contribution < -0.4 is 5.84 Å². The van der Waals surface area contributed by atoms with Gasteiger partial charge in [-0.25, -0.2) is 13.4 Å². The van der Waals surface area contributed by atoms with Gasteiger partial charge in [0.2, 0.25) is 0 Å². The van der Waals surface area contributed by atoms with E-state index in [9.17, 15) is 8.42 Å². The van der Waals surface area contributed by atoms with Gasteiger partial charge < -0.3 is 0 Å². The van der Waals surface area contributed by atoms with E-state index >= 15 is 0 Å². The van der Waals surface area contributed by atoms with E-state index < -0.39 is 9.84 Å². The van der Waals surface area contributed by atoms with E-state index in [0.29, 0.717) is 6.54 Å². The molecule has 1 aliphatic rings. The number of hydrogen-bond acceptors (Lipinski definition) is 4. The zero-order valence-electron chi connectivity index (χ0n) is 6.82. The third kappa shape index (κ3) is 2.15. The summed E-state index contributed by atoms with van der Waals surface area (Å²) in [7, 11) is -2.82. The second kappa shape index (κ2) is 2.73. The van der Waals surface area contributed by atoms with E-state index in [2.05, 4.69) is 0 Å². The molecule has 0 aromatic rings. The van der Waals surface area contributed by atoms with Crippen LogP contribution in [-0.2, 0) is 9.84 Å². The lowest BCUT2D eigenvalue weighted by Gasteiger charge is -2.42. The summed E-state index contributed by atoms with van der Waals surface area (Å²) >= 11 is 0. The zero-order valence-corrected chi connectivity index (χ0v) is 7.63. The maximum Gasteiger partial charge on any atom is 0.147 e. The summed E-state index contributed by atoms with van der Waals surface area (Å²) in [6, 6.07) is 0.213. The summed E-state index contributed by atoms with van der Waals surface area (Å²) in [4.78, 5) is 0. The molecule has 2 atom stereocenters. The Morgan fingerprint density at radius 3 is 2.45 bits per heavy atom. The van der Waals surface area contributed by atoms with Crippen molar-refractivity contribution < 1.29 is 8.42 Å². The molecular weight excluding hydrogens is 164 g/mol. The lowest BCUT2D eigenvalue weighted by atomic mass is 9.94. The van der Waals surface area contributed by atoms with Crippen LogP contribution in [0.5, 0.6) is 0 Å². The molecule has 0 radical (unpaired) electrons. The number of hydrogen-bond donors (Lipinski definition) is 1. The van der Waals surface area contributed by atoms with Crippen molar-refractivity contribution in [3.05, 3.63) is 0 Å². The average Bonchev–Trinajstić information content (AvgIpc) is 1.84. The topological polar surface area (TPSA) is 63.4 Å². The maximum absolute atomic E-state index is 10.8. The molecular formula is C6H14N2O2S. The van der Waals surface area contributed by atoms with Gasteiger partial charge in [0.05, 0.1) is 5.75 Å². The van der Waals surface area contributed by atoms with Gasteiger partial charge in [-0.15, -0.1) is 0 Å². The van der Waals surface area contributed by atoms with E-state index in [1.807, 2.05) is 6.92 Å². The molecule has 1 fully saturated rings. The Bertz CT molecular complexity index is 237. The highest BCUT2D eigenvalue weighted by Crippen LogP contribution is 2.21. The molecule has 1 aliphatic heterocycles. The van der Waals surface area contributed by atoms with E-state index in [-0.39, 0.29) is 17.7 Å². The van der Waals surface area contributed by atoms with Crippen LogP contribution in [0.4, 0.5) is 0 Å². The molecule has 1 rings (SSSR count). The van der Waals surface area contributed by atoms with Crippen LogP contribution in [0.25, 0.3) is 0 Å². The van der Waals surface area contributed by atoms with Crippen molar-refractivity contribution in [1.29, 1.82) is 0 Å². The van der Waals surface area contributed by atoms with Gasteiger partial charge in [0.15, 0.2) is 0 Å². The Hall–Kier alpha value is -0.130. The van der Waals surface area contributed by atoms with Gasteiger partial charge in [0, 0.05) is 24.8 Å². The first-order valence-corrected chi connectivity index (χ1v) is 5.65. The first-order chi connectivity index (χ1) is 4.90. The van der Waals surface area contributed by atoms with Crippen LogP contribution in [0.15, 0.2) is 0 Å². The van der Waals surface area contributed by atoms with Crippen molar-refractivity contribution in [2.24, 2.45) is 11.8 Å². The minimum absolute atomic E-state index is 0.213. The molecule has 1 heterocycles. The van der Waals surface area contributed by atoms with Crippen LogP contribution in [0.2, 0.25) is 0 Å². The molecule has 0 spiro atoms. The fourth-order valence-electron chi connectivity index (χ4n) is 1.30. The van der Waals surface area contributed by atoms with Crippen LogP contribution in [0, 0.1) is 5.92 Å². The van der Waals surface area contributed by atoms with E-state index in [0.717, 1.165) is 0 Å². The first-order valence-electron chi connectivity index (χ1n) is 3.59. The Morgan fingerprint density at radius 1 is 1.64 bits per heavy atom. The molecule has 4 nitrogen and oxygen atoms in total. The summed E-state index contributed by atoms with van der Waals surface area (Å²) in [6.45, 7) is 2.65. The predicted octanol–water partition coefficient (Wildman–Crippen LogP) is -0.775. The fourth-order valence-corrected chi connectivity index (χ4v) is 2.46. The van der Waals surface area contributed by atoms with Gasteiger partial charge in [-0.2, -0.15) is 0 Å². The van der Waals surface area contributed by atoms with Crippen molar-refractivity contribution in [1.82, 2.24) is 5.01 Å². The highest BCUT2D eigenvalue weighted by molar-refractivity contribution is 7.90. The van der Waals surface area contributed by atoms with Crippen molar-refractivity contribution in [3.63, 3.8) is 0 Å². The van der Waals surface area contributed by atoms with Gasteiger partial charge in [-0.05, 0) is 6.92 Å². The van der Waals surface area contributed by atoms with E-state index in [4.69, 9.17) is 5.84 Å². The van der Waals surface area contributed by atoms with E-state index in [1.54, 1.807) is 5.01 Å². The molecule has 0 unspecified atom stereocenters. The molecule has 0 aromatic carbocycles. The molecule has 0 bridgehead atoms. The van der Waals surface area contributed by atoms with Crippen LogP contribution in [0.1, 0.15) is 6.92 Å². The lowest BCUT2D eigenvalue weighted by molar-refractivity contribution is 0.0404. The molecule has 0 saturated carbocycles. The van der Waals surface area contributed by atoms with Gasteiger partial charge in [0.25, 0.3) is 0 Å². The van der Waals surface area contributed by atoms with E-state index in [1.165, 1.54) is 6.26 Å². The molecule has 0 aliphatic carbocycles. The third-order valence-corrected chi connectivity index (χ3v) is 3.20. The highest BCUT2D eigenvalue weighted by atomic mass is 32.2. The maximum atomic E-state index is 10.8. The first kappa shape index (κ1) is 8.96. The average molecular weight is 178 g/mol. The van der Waals surface area contributed by atoms with Gasteiger partial charge in [-0.1, -0.05) is 0 Å². The number of rotatable bonds is 2. The summed E-state index contributed by atoms with van der Waals surface area (Å²) < 4.78 is 21.7. The molecule has 0 amide bonds. The second-order valence-corrected chi connectivity index (χ2v) is 5.47. The quantitative estimate of drug-likeness (QED) is 0.564. The minimum Gasteiger partial charge on any atom is -0.269 e. The largest absolute Gasteiger partial charge is 0.269 e. The van der Waals surface area contributed by atoms with Crippen LogP contribution >= 0.6 is 0 Å². The molecule has 1 saturated heterocycles. The van der Waals surface area contributed by atoms with Gasteiger partial charge >= 0.3 is 0 Å². The number of nitrogens with two attached hydrogens (primary N) is 1. The monoisotopic (exact) mass is 178 g/mol. The standard InChI is InChI=1S/C6H14N2O2S/c1-5-6(3-8(5)7)4-11(2,9)10/h5-6H,3-4,7H2,1-2H3/t5-,6-/m1/s1. The Kier molecular flexibility index (Phi) is 2.22. The number of sulfone groups is 1. The second-order valence-electron chi connectivity index (χ2n) is 3.29. The summed E-state index contributed by atoms with van der Waals surface area (Å²) in [5.74, 6) is 5.97. The SMILES string of the molecule is C[C@@H]1[C@@H](CS(C)(=O)=O)CN1N. The fraction of sp³-hybridized carbons (Fsp3) is 1.00. The smallest absolute Gasteiger partial charge is 0.147 e. The van der Waals surface area contributed by atoms with Crippen molar-refractivity contribution >= 4 is 9.84 Å². The summed E-state index contributed by atoms with van der Waals surface area (Å²) in [5.41, 5.74) is 0. The number of nitrogens with zero attached hydrogens (tertiary/aromatic N) is 1. The number of hydrazine groups is 1. The minimum atomic E-state index is -2.82. The summed E-state index contributed by atoms with van der Waals surface area (Å²) in [6.07, 6.45) is 1.26. The van der Waals surface area contributed by atoms with Crippen molar-refractivity contribution in [2.45, 2.75) is 13.0 Å². The predicted molar refractivity (Wildman–Crippen MR) is 43.6 cm³/mol. The summed E-state index contributed by atoms with van der Waals surface area (Å²) in [5, 5.41) is 1.66. The van der Waals surface area contributed by atoms with Gasteiger partial charge in [-0.3, -0.25) is 5.84 Å². The molecule has 11 heavy (non-hydrogen) atoms. The molecule has 66 valence electrons. The normalized spacial score (nSPS) is 33.4. The lowest BCUT2D eigenvalue weighted by Crippen LogP contribution is -2.59. The Labute approximate surface area is 67.3 Å². The Balaban J connectivity index is 2.43. The van der Waals surface area contributed by atoms with Crippen molar-refractivity contribution in [3.8, 4) is 0 Å². The zero-order chi connectivity index (χ0) is 8.65.